The number of aryl methyl sites for hydroxylation is 1. The molecule has 102 valence electrons. The highest BCUT2D eigenvalue weighted by molar-refractivity contribution is 7.11. The summed E-state index contributed by atoms with van der Waals surface area (Å²) >= 11 is 1.40. The van der Waals surface area contributed by atoms with E-state index in [0.717, 1.165) is 5.69 Å². The molecule has 3 rings (SSSR count). The molecule has 20 heavy (non-hydrogen) atoms. The van der Waals surface area contributed by atoms with Crippen LogP contribution in [0.15, 0.2) is 35.4 Å². The Kier molecular flexibility index (Phi) is 3.02. The van der Waals surface area contributed by atoms with Crippen LogP contribution in [0.3, 0.4) is 0 Å². The van der Waals surface area contributed by atoms with Crippen molar-refractivity contribution < 1.29 is 9.50 Å². The van der Waals surface area contributed by atoms with Crippen LogP contribution in [0.5, 0.6) is 0 Å². The number of aromatic nitrogens is 1. The zero-order valence-corrected chi connectivity index (χ0v) is 11.5. The van der Waals surface area contributed by atoms with E-state index in [1.54, 1.807) is 17.0 Å². The van der Waals surface area contributed by atoms with Crippen molar-refractivity contribution in [1.29, 1.82) is 5.41 Å². The second kappa shape index (κ2) is 4.72. The monoisotopic (exact) mass is 289 g/mol. The molecule has 0 saturated heterocycles. The minimum Gasteiger partial charge on any atom is -0.510 e. The van der Waals surface area contributed by atoms with E-state index in [-0.39, 0.29) is 24.0 Å². The first-order valence-electron chi connectivity index (χ1n) is 6.03. The molecule has 4 nitrogen and oxygen atoms in total. The van der Waals surface area contributed by atoms with Crippen LogP contribution >= 0.6 is 11.3 Å². The van der Waals surface area contributed by atoms with Crippen LogP contribution in [0, 0.1) is 18.2 Å². The van der Waals surface area contributed by atoms with Gasteiger partial charge in [0.1, 0.15) is 22.4 Å². The van der Waals surface area contributed by atoms with E-state index in [1.807, 2.05) is 12.3 Å². The lowest BCUT2D eigenvalue weighted by atomic mass is 10.2. The summed E-state index contributed by atoms with van der Waals surface area (Å²) in [6.45, 7) is 2.08. The molecule has 0 amide bonds. The van der Waals surface area contributed by atoms with E-state index in [4.69, 9.17) is 5.41 Å². The number of benzene rings is 1. The second-order valence-corrected chi connectivity index (χ2v) is 5.39. The standard InChI is InChI=1S/C14H12FN3OS/c1-8-7-20-14(17-8)12-11(19)6-18(13(12)16)10-4-2-9(15)3-5-10/h2-5,7,16,19H,6H2,1H3. The van der Waals surface area contributed by atoms with E-state index in [1.165, 1.54) is 23.5 Å². The third kappa shape index (κ3) is 2.08. The number of aliphatic hydroxyl groups excluding tert-OH is 1. The van der Waals surface area contributed by atoms with Gasteiger partial charge in [-0.15, -0.1) is 11.3 Å². The van der Waals surface area contributed by atoms with Crippen LogP contribution in [-0.2, 0) is 0 Å². The molecule has 0 atom stereocenters. The highest BCUT2D eigenvalue weighted by Gasteiger charge is 2.30. The highest BCUT2D eigenvalue weighted by atomic mass is 32.1. The summed E-state index contributed by atoms with van der Waals surface area (Å²) in [5.74, 6) is -0.0236. The zero-order valence-electron chi connectivity index (χ0n) is 10.7. The summed E-state index contributed by atoms with van der Waals surface area (Å²) in [6.07, 6.45) is 0. The summed E-state index contributed by atoms with van der Waals surface area (Å²) in [6, 6.07) is 5.86. The van der Waals surface area contributed by atoms with Crippen molar-refractivity contribution >= 4 is 28.4 Å². The molecule has 0 aliphatic carbocycles. The van der Waals surface area contributed by atoms with Crippen LogP contribution in [-0.4, -0.2) is 22.5 Å². The van der Waals surface area contributed by atoms with Crippen molar-refractivity contribution in [3.05, 3.63) is 51.9 Å². The van der Waals surface area contributed by atoms with Gasteiger partial charge < -0.3 is 10.0 Å². The van der Waals surface area contributed by atoms with Gasteiger partial charge in [0.05, 0.1) is 12.1 Å². The molecule has 2 heterocycles. The molecule has 1 aliphatic rings. The predicted molar refractivity (Wildman–Crippen MR) is 77.9 cm³/mol. The number of thiazole rings is 1. The summed E-state index contributed by atoms with van der Waals surface area (Å²) in [5, 5.41) is 20.8. The highest BCUT2D eigenvalue weighted by Crippen LogP contribution is 2.32. The lowest BCUT2D eigenvalue weighted by Crippen LogP contribution is -2.25. The second-order valence-electron chi connectivity index (χ2n) is 4.53. The maximum absolute atomic E-state index is 13.0. The Morgan fingerprint density at radius 1 is 1.35 bits per heavy atom. The number of amidine groups is 1. The molecule has 0 saturated carbocycles. The topological polar surface area (TPSA) is 60.2 Å². The number of hydrogen-bond acceptors (Lipinski definition) is 4. The van der Waals surface area contributed by atoms with E-state index in [0.29, 0.717) is 16.3 Å². The van der Waals surface area contributed by atoms with Gasteiger partial charge >= 0.3 is 0 Å². The normalized spacial score (nSPS) is 15.3. The molecule has 6 heteroatoms. The third-order valence-electron chi connectivity index (χ3n) is 3.07. The van der Waals surface area contributed by atoms with E-state index < -0.39 is 0 Å². The average Bonchev–Trinajstić information content (AvgIpc) is 2.95. The molecule has 0 radical (unpaired) electrons. The van der Waals surface area contributed by atoms with Gasteiger partial charge in [-0.2, -0.15) is 0 Å². The lowest BCUT2D eigenvalue weighted by Gasteiger charge is -2.18. The summed E-state index contributed by atoms with van der Waals surface area (Å²) in [4.78, 5) is 5.93. The maximum atomic E-state index is 13.0. The van der Waals surface area contributed by atoms with Crippen molar-refractivity contribution in [3.8, 4) is 0 Å². The average molecular weight is 289 g/mol. The van der Waals surface area contributed by atoms with Crippen LogP contribution in [0.2, 0.25) is 0 Å². The maximum Gasteiger partial charge on any atom is 0.139 e. The largest absolute Gasteiger partial charge is 0.510 e. The Morgan fingerprint density at radius 3 is 2.65 bits per heavy atom. The molecule has 2 N–H and O–H groups in total. The molecule has 0 fully saturated rings. The smallest absolute Gasteiger partial charge is 0.139 e. The minimum atomic E-state index is -0.326. The number of hydrogen-bond donors (Lipinski definition) is 2. The van der Waals surface area contributed by atoms with Crippen LogP contribution in [0.25, 0.3) is 5.57 Å². The van der Waals surface area contributed by atoms with Crippen molar-refractivity contribution in [1.82, 2.24) is 4.98 Å². The van der Waals surface area contributed by atoms with E-state index in [2.05, 4.69) is 4.98 Å². The molecular weight excluding hydrogens is 277 g/mol. The van der Waals surface area contributed by atoms with Gasteiger partial charge in [0.15, 0.2) is 0 Å². The first kappa shape index (κ1) is 12.8. The van der Waals surface area contributed by atoms with Crippen LogP contribution in [0.1, 0.15) is 10.7 Å². The van der Waals surface area contributed by atoms with Crippen molar-refractivity contribution in [3.63, 3.8) is 0 Å². The van der Waals surface area contributed by atoms with Crippen molar-refractivity contribution in [2.75, 3.05) is 11.4 Å². The molecule has 1 aromatic carbocycles. The molecular formula is C14H12FN3OS. The summed E-state index contributed by atoms with van der Waals surface area (Å²) in [7, 11) is 0. The first-order valence-corrected chi connectivity index (χ1v) is 6.91. The Hall–Kier alpha value is -2.21. The fraction of sp³-hybridized carbons (Fsp3) is 0.143. The zero-order chi connectivity index (χ0) is 14.3. The van der Waals surface area contributed by atoms with Crippen molar-refractivity contribution in [2.45, 2.75) is 6.92 Å². The molecule has 1 aliphatic heterocycles. The third-order valence-corrected chi connectivity index (χ3v) is 4.05. The molecule has 2 aromatic rings. The van der Waals surface area contributed by atoms with Gasteiger partial charge in [-0.05, 0) is 31.2 Å². The fourth-order valence-electron chi connectivity index (χ4n) is 2.11. The molecule has 0 bridgehead atoms. The number of rotatable bonds is 2. The Labute approximate surface area is 119 Å². The van der Waals surface area contributed by atoms with Crippen molar-refractivity contribution in [2.24, 2.45) is 0 Å². The fourth-order valence-corrected chi connectivity index (χ4v) is 2.98. The number of nitrogens with one attached hydrogen (secondary N) is 1. The van der Waals surface area contributed by atoms with Gasteiger partial charge in [0, 0.05) is 16.8 Å². The SMILES string of the molecule is Cc1csc(C2=C(O)CN(c3ccc(F)cc3)C2=N)n1. The van der Waals surface area contributed by atoms with Crippen LogP contribution < -0.4 is 4.90 Å². The van der Waals surface area contributed by atoms with Gasteiger partial charge in [-0.25, -0.2) is 9.37 Å². The number of aliphatic hydroxyl groups is 1. The number of anilines is 1. The van der Waals surface area contributed by atoms with E-state index in [9.17, 15) is 9.50 Å². The Bertz CT molecular complexity index is 705. The minimum absolute atomic E-state index is 0.119. The van der Waals surface area contributed by atoms with Gasteiger partial charge in [-0.3, -0.25) is 5.41 Å². The van der Waals surface area contributed by atoms with Crippen LogP contribution in [0.4, 0.5) is 10.1 Å². The quantitative estimate of drug-likeness (QED) is 0.891. The summed E-state index contributed by atoms with van der Waals surface area (Å²) in [5.41, 5.74) is 1.98. The number of halogens is 1. The Morgan fingerprint density at radius 2 is 2.05 bits per heavy atom. The van der Waals surface area contributed by atoms with Gasteiger partial charge in [0.2, 0.25) is 0 Å². The summed E-state index contributed by atoms with van der Waals surface area (Å²) < 4.78 is 13.0. The molecule has 0 spiro atoms. The Balaban J connectivity index is 1.94. The molecule has 1 aromatic heterocycles. The number of nitrogens with zero attached hydrogens (tertiary/aromatic N) is 2. The molecule has 0 unspecified atom stereocenters. The predicted octanol–water partition coefficient (Wildman–Crippen LogP) is 3.36. The first-order chi connectivity index (χ1) is 9.56. The van der Waals surface area contributed by atoms with Gasteiger partial charge in [-0.1, -0.05) is 0 Å². The van der Waals surface area contributed by atoms with E-state index >= 15 is 0 Å². The van der Waals surface area contributed by atoms with Gasteiger partial charge in [0.25, 0.3) is 0 Å². The lowest BCUT2D eigenvalue weighted by molar-refractivity contribution is 0.411.